The van der Waals surface area contributed by atoms with E-state index in [1.165, 1.54) is 4.57 Å². The Morgan fingerprint density at radius 1 is 0.917 bits per heavy atom. The number of nitrogens with zero attached hydrogens (tertiary/aromatic N) is 2. The number of thiocarbonyl (C=S) groups is 1. The molecule has 1 fully saturated rings. The highest BCUT2D eigenvalue weighted by Crippen LogP contribution is 2.43. The highest BCUT2D eigenvalue weighted by atomic mass is 32.2. The molecule has 1 N–H and O–H groups in total. The number of hydrogen-bond donors (Lipinski definition) is 1. The number of benzene rings is 4. The molecule has 0 spiro atoms. The second kappa shape index (κ2) is 15.1. The highest BCUT2D eigenvalue weighted by Gasteiger charge is 2.43. The largest absolute Gasteiger partial charge is 0.497 e. The Bertz CT molecular complexity index is 1870. The van der Waals surface area contributed by atoms with E-state index in [2.05, 4.69) is 34.6 Å². The summed E-state index contributed by atoms with van der Waals surface area (Å²) >= 11 is 7.05. The van der Waals surface area contributed by atoms with E-state index < -0.39 is 23.6 Å². The van der Waals surface area contributed by atoms with E-state index >= 15 is 0 Å². The van der Waals surface area contributed by atoms with E-state index in [4.69, 9.17) is 26.4 Å². The molecule has 0 aliphatic carbocycles. The first-order chi connectivity index (χ1) is 23.4. The van der Waals surface area contributed by atoms with Gasteiger partial charge >= 0.3 is 5.69 Å². The van der Waals surface area contributed by atoms with Gasteiger partial charge in [0.2, 0.25) is 0 Å². The van der Waals surface area contributed by atoms with E-state index in [1.54, 1.807) is 55.4 Å². The SMILES string of the molecule is COc1ccc(C(OCC2OC(n3ccc(NC(=O)c4ccccc4)nc3=O)CC2SC(C)=S)(c2ccccc2)c2ccccc2)cc1. The van der Waals surface area contributed by atoms with Gasteiger partial charge in [0, 0.05) is 27.6 Å². The van der Waals surface area contributed by atoms with Crippen molar-refractivity contribution in [1.82, 2.24) is 9.55 Å². The van der Waals surface area contributed by atoms with Crippen molar-refractivity contribution >= 4 is 39.9 Å². The standard InChI is InChI=1S/C38H35N3O5S2/c1-26(47)48-33-24-35(41-23-22-34(40-37(41)43)39-36(42)27-12-6-3-7-13-27)46-32(33)25-45-38(28-14-8-4-9-15-28,29-16-10-5-11-17-29)30-18-20-31(44-2)21-19-30/h3-23,32-33,35H,24-25H2,1-2H3,(H,39,40,42,43). The fourth-order valence-electron chi connectivity index (χ4n) is 5.97. The van der Waals surface area contributed by atoms with Gasteiger partial charge in [0.25, 0.3) is 5.91 Å². The van der Waals surface area contributed by atoms with E-state index in [-0.39, 0.29) is 23.6 Å². The van der Waals surface area contributed by atoms with Crippen molar-refractivity contribution in [2.24, 2.45) is 0 Å². The molecule has 1 amide bonds. The molecular weight excluding hydrogens is 643 g/mol. The number of methoxy groups -OCH3 is 1. The van der Waals surface area contributed by atoms with Crippen LogP contribution >= 0.6 is 24.0 Å². The average Bonchev–Trinajstić information content (AvgIpc) is 3.51. The zero-order chi connectivity index (χ0) is 33.5. The average molecular weight is 678 g/mol. The molecule has 10 heteroatoms. The molecule has 0 bridgehead atoms. The molecule has 3 unspecified atom stereocenters. The van der Waals surface area contributed by atoms with Crippen LogP contribution in [0, 0.1) is 0 Å². The molecule has 48 heavy (non-hydrogen) atoms. The molecule has 6 rings (SSSR count). The van der Waals surface area contributed by atoms with Crippen LogP contribution in [-0.2, 0) is 15.1 Å². The molecule has 8 nitrogen and oxygen atoms in total. The number of nitrogens with one attached hydrogen (secondary N) is 1. The lowest BCUT2D eigenvalue weighted by Crippen LogP contribution is -2.37. The lowest BCUT2D eigenvalue weighted by atomic mass is 9.80. The van der Waals surface area contributed by atoms with Gasteiger partial charge in [-0.3, -0.25) is 9.36 Å². The third kappa shape index (κ3) is 7.27. The first-order valence-corrected chi connectivity index (χ1v) is 16.8. The van der Waals surface area contributed by atoms with Crippen LogP contribution in [0.5, 0.6) is 5.75 Å². The minimum Gasteiger partial charge on any atom is -0.497 e. The van der Waals surface area contributed by atoms with Gasteiger partial charge in [-0.15, -0.1) is 11.8 Å². The molecule has 4 aromatic carbocycles. The van der Waals surface area contributed by atoms with Crippen LogP contribution in [-0.4, -0.2) is 44.7 Å². The van der Waals surface area contributed by atoms with Gasteiger partial charge in [0.15, 0.2) is 0 Å². The van der Waals surface area contributed by atoms with Crippen molar-refractivity contribution in [3.05, 3.63) is 160 Å². The molecule has 3 atom stereocenters. The number of anilines is 1. The maximum absolute atomic E-state index is 13.3. The monoisotopic (exact) mass is 677 g/mol. The number of hydrogen-bond acceptors (Lipinski definition) is 8. The van der Waals surface area contributed by atoms with Gasteiger partial charge < -0.3 is 19.5 Å². The van der Waals surface area contributed by atoms with Gasteiger partial charge in [0.1, 0.15) is 23.4 Å². The number of aromatic nitrogens is 2. The van der Waals surface area contributed by atoms with E-state index in [0.29, 0.717) is 12.0 Å². The Kier molecular flexibility index (Phi) is 10.5. The van der Waals surface area contributed by atoms with Crippen molar-refractivity contribution in [1.29, 1.82) is 0 Å². The lowest BCUT2D eigenvalue weighted by molar-refractivity contribution is -0.0764. The van der Waals surface area contributed by atoms with Crippen molar-refractivity contribution in [2.75, 3.05) is 19.0 Å². The number of thioether (sulfide) groups is 1. The topological polar surface area (TPSA) is 91.7 Å². The highest BCUT2D eigenvalue weighted by molar-refractivity contribution is 8.23. The van der Waals surface area contributed by atoms with Crippen LogP contribution in [0.25, 0.3) is 0 Å². The molecule has 1 saturated heterocycles. The summed E-state index contributed by atoms with van der Waals surface area (Å²) in [6.07, 6.45) is 1.10. The van der Waals surface area contributed by atoms with Gasteiger partial charge in [-0.05, 0) is 53.9 Å². The summed E-state index contributed by atoms with van der Waals surface area (Å²) in [5.74, 6) is 0.562. The second-order valence-corrected chi connectivity index (χ2v) is 13.6. The minimum absolute atomic E-state index is 0.0861. The van der Waals surface area contributed by atoms with Crippen LogP contribution in [0.4, 0.5) is 5.82 Å². The predicted molar refractivity (Wildman–Crippen MR) is 193 cm³/mol. The van der Waals surface area contributed by atoms with Crippen LogP contribution in [0.2, 0.25) is 0 Å². The molecule has 244 valence electrons. The number of carbonyl (C=O) groups is 1. The van der Waals surface area contributed by atoms with Gasteiger partial charge in [-0.1, -0.05) is 103 Å². The van der Waals surface area contributed by atoms with E-state index in [1.807, 2.05) is 73.7 Å². The van der Waals surface area contributed by atoms with Crippen molar-refractivity contribution < 1.29 is 19.0 Å². The zero-order valence-corrected chi connectivity index (χ0v) is 28.2. The molecule has 1 aliphatic heterocycles. The number of rotatable bonds is 11. The maximum Gasteiger partial charge on any atom is 0.351 e. The zero-order valence-electron chi connectivity index (χ0n) is 26.5. The molecule has 5 aromatic rings. The first-order valence-electron chi connectivity index (χ1n) is 15.5. The van der Waals surface area contributed by atoms with Gasteiger partial charge in [-0.2, -0.15) is 4.98 Å². The van der Waals surface area contributed by atoms with Crippen LogP contribution < -0.4 is 15.7 Å². The van der Waals surface area contributed by atoms with E-state index in [9.17, 15) is 9.59 Å². The van der Waals surface area contributed by atoms with Crippen LogP contribution in [0.15, 0.2) is 132 Å². The molecule has 1 aliphatic rings. The van der Waals surface area contributed by atoms with Crippen molar-refractivity contribution in [3.63, 3.8) is 0 Å². The van der Waals surface area contributed by atoms with E-state index in [0.717, 1.165) is 26.6 Å². The quantitative estimate of drug-likeness (QED) is 0.116. The molecule has 1 aromatic heterocycles. The Labute approximate surface area is 289 Å². The number of amides is 1. The number of carbonyl (C=O) groups excluding carboxylic acids is 1. The summed E-state index contributed by atoms with van der Waals surface area (Å²) in [4.78, 5) is 30.0. The summed E-state index contributed by atoms with van der Waals surface area (Å²) in [6.45, 7) is 2.10. The predicted octanol–water partition coefficient (Wildman–Crippen LogP) is 7.25. The summed E-state index contributed by atoms with van der Waals surface area (Å²) in [6, 6.07) is 38.5. The normalized spacial score (nSPS) is 17.5. The molecule has 0 saturated carbocycles. The van der Waals surface area contributed by atoms with Crippen LogP contribution in [0.1, 0.15) is 46.6 Å². The fourth-order valence-corrected chi connectivity index (χ4v) is 7.32. The molecular formula is C38H35N3O5S2. The Hall–Kier alpha value is -4.61. The maximum atomic E-state index is 13.3. The third-order valence-electron chi connectivity index (χ3n) is 8.24. The Balaban J connectivity index is 1.30. The second-order valence-electron chi connectivity index (χ2n) is 11.3. The first kappa shape index (κ1) is 33.3. The van der Waals surface area contributed by atoms with Crippen LogP contribution in [0.3, 0.4) is 0 Å². The lowest BCUT2D eigenvalue weighted by Gasteiger charge is -2.37. The third-order valence-corrected chi connectivity index (χ3v) is 9.66. The summed E-state index contributed by atoms with van der Waals surface area (Å²) in [5, 5.41) is 2.61. The summed E-state index contributed by atoms with van der Waals surface area (Å²) < 4.78 is 21.4. The van der Waals surface area contributed by atoms with Gasteiger partial charge in [0.05, 0.1) is 19.8 Å². The Morgan fingerprint density at radius 2 is 1.50 bits per heavy atom. The van der Waals surface area contributed by atoms with Crippen molar-refractivity contribution in [3.8, 4) is 5.75 Å². The van der Waals surface area contributed by atoms with Crippen molar-refractivity contribution in [2.45, 2.75) is 36.5 Å². The summed E-state index contributed by atoms with van der Waals surface area (Å²) in [5.41, 5.74) is 1.81. The smallest absolute Gasteiger partial charge is 0.351 e. The minimum atomic E-state index is -0.977. The number of ether oxygens (including phenoxy) is 3. The summed E-state index contributed by atoms with van der Waals surface area (Å²) in [7, 11) is 1.64. The molecule has 0 radical (unpaired) electrons. The molecule has 2 heterocycles. The Morgan fingerprint density at radius 3 is 2.06 bits per heavy atom. The van der Waals surface area contributed by atoms with Gasteiger partial charge in [-0.25, -0.2) is 4.79 Å². The fraction of sp³-hybridized carbons (Fsp3) is 0.211.